The Kier molecular flexibility index (Phi) is 1.70. The first-order chi connectivity index (χ1) is 5.70. The van der Waals surface area contributed by atoms with Gasteiger partial charge in [0.25, 0.3) is 0 Å². The molecule has 0 saturated heterocycles. The number of nitrogens with zero attached hydrogens (tertiary/aromatic N) is 3. The van der Waals surface area contributed by atoms with E-state index >= 15 is 0 Å². The van der Waals surface area contributed by atoms with Crippen LogP contribution in [0.15, 0.2) is 12.3 Å². The molecule has 0 aliphatic carbocycles. The second-order valence-electron chi connectivity index (χ2n) is 2.48. The van der Waals surface area contributed by atoms with E-state index in [1.807, 2.05) is 19.2 Å². The Morgan fingerprint density at radius 2 is 2.08 bits per heavy atom. The van der Waals surface area contributed by atoms with Gasteiger partial charge in [-0.3, -0.25) is 4.40 Å². The lowest BCUT2D eigenvalue weighted by Crippen LogP contribution is -1.93. The van der Waals surface area contributed by atoms with Gasteiger partial charge in [0.15, 0.2) is 5.15 Å². The number of aryl methyl sites for hydroxylation is 1. The number of aromatic nitrogens is 3. The maximum atomic E-state index is 5.82. The number of hydrogen-bond acceptors (Lipinski definition) is 2. The van der Waals surface area contributed by atoms with E-state index in [2.05, 4.69) is 10.2 Å². The average molecular weight is 202 g/mol. The smallest absolute Gasteiger partial charge is 0.228 e. The number of halogens is 2. The zero-order valence-electron chi connectivity index (χ0n) is 6.25. The van der Waals surface area contributed by atoms with Crippen LogP contribution < -0.4 is 0 Å². The highest BCUT2D eigenvalue weighted by Crippen LogP contribution is 2.21. The maximum Gasteiger partial charge on any atom is 0.228 e. The summed E-state index contributed by atoms with van der Waals surface area (Å²) in [6.07, 6.45) is 1.81. The van der Waals surface area contributed by atoms with Crippen LogP contribution in [-0.2, 0) is 0 Å². The summed E-state index contributed by atoms with van der Waals surface area (Å²) in [5.74, 6) is 0. The molecule has 0 N–H and O–H groups in total. The largest absolute Gasteiger partial charge is 0.287 e. The van der Waals surface area contributed by atoms with Crippen molar-refractivity contribution in [1.29, 1.82) is 0 Å². The van der Waals surface area contributed by atoms with Gasteiger partial charge in [-0.05, 0) is 30.2 Å². The number of rotatable bonds is 0. The van der Waals surface area contributed by atoms with Gasteiger partial charge in [0.05, 0.1) is 5.52 Å². The molecule has 0 radical (unpaired) electrons. The minimum atomic E-state index is 0.322. The molecule has 3 nitrogen and oxygen atoms in total. The van der Waals surface area contributed by atoms with E-state index in [1.165, 1.54) is 0 Å². The fourth-order valence-corrected chi connectivity index (χ4v) is 1.58. The van der Waals surface area contributed by atoms with Crippen LogP contribution in [0.2, 0.25) is 10.4 Å². The normalized spacial score (nSPS) is 10.9. The van der Waals surface area contributed by atoms with Crippen LogP contribution in [0.3, 0.4) is 0 Å². The predicted molar refractivity (Wildman–Crippen MR) is 47.7 cm³/mol. The Hall–Kier alpha value is -0.800. The molecule has 2 aromatic heterocycles. The summed E-state index contributed by atoms with van der Waals surface area (Å²) in [7, 11) is 0. The fraction of sp³-hybridized carbons (Fsp3) is 0.143. The Morgan fingerprint density at radius 3 is 2.75 bits per heavy atom. The van der Waals surface area contributed by atoms with Crippen molar-refractivity contribution < 1.29 is 0 Å². The van der Waals surface area contributed by atoms with Gasteiger partial charge in [-0.2, -0.15) is 0 Å². The lowest BCUT2D eigenvalue weighted by molar-refractivity contribution is 0.950. The summed E-state index contributed by atoms with van der Waals surface area (Å²) in [4.78, 5) is 0. The van der Waals surface area contributed by atoms with Gasteiger partial charge in [-0.25, -0.2) is 0 Å². The van der Waals surface area contributed by atoms with Crippen molar-refractivity contribution >= 4 is 28.7 Å². The topological polar surface area (TPSA) is 30.2 Å². The van der Waals surface area contributed by atoms with E-state index in [9.17, 15) is 0 Å². The lowest BCUT2D eigenvalue weighted by Gasteiger charge is -1.98. The van der Waals surface area contributed by atoms with Crippen molar-refractivity contribution in [1.82, 2.24) is 14.6 Å². The second kappa shape index (κ2) is 2.61. The van der Waals surface area contributed by atoms with Crippen LogP contribution in [0.4, 0.5) is 0 Å². The molecule has 0 fully saturated rings. The first kappa shape index (κ1) is 7.83. The molecule has 0 saturated carbocycles. The number of fused-ring (bicyclic) bond motifs is 1. The Balaban J connectivity index is 2.98. The first-order valence-corrected chi connectivity index (χ1v) is 4.11. The molecule has 0 amide bonds. The summed E-state index contributed by atoms with van der Waals surface area (Å²) in [6.45, 7) is 1.94. The maximum absolute atomic E-state index is 5.82. The summed E-state index contributed by atoms with van der Waals surface area (Å²) >= 11 is 11.6. The molecular formula is C7H5Cl2N3. The molecule has 0 aliphatic heterocycles. The summed E-state index contributed by atoms with van der Waals surface area (Å²) in [6, 6.07) is 1.91. The van der Waals surface area contributed by atoms with E-state index in [0.29, 0.717) is 10.4 Å². The summed E-state index contributed by atoms with van der Waals surface area (Å²) in [5.41, 5.74) is 1.86. The minimum Gasteiger partial charge on any atom is -0.287 e. The summed E-state index contributed by atoms with van der Waals surface area (Å²) in [5, 5.41) is 8.07. The molecular weight excluding hydrogens is 197 g/mol. The highest BCUT2D eigenvalue weighted by atomic mass is 35.5. The second-order valence-corrected chi connectivity index (χ2v) is 3.17. The predicted octanol–water partition coefficient (Wildman–Crippen LogP) is 2.34. The Labute approximate surface area is 78.9 Å². The Morgan fingerprint density at radius 1 is 1.33 bits per heavy atom. The van der Waals surface area contributed by atoms with Gasteiger partial charge in [-0.1, -0.05) is 11.6 Å². The van der Waals surface area contributed by atoms with Crippen LogP contribution >= 0.6 is 23.2 Å². The van der Waals surface area contributed by atoms with Crippen molar-refractivity contribution in [2.45, 2.75) is 6.92 Å². The van der Waals surface area contributed by atoms with Crippen molar-refractivity contribution in [3.63, 3.8) is 0 Å². The van der Waals surface area contributed by atoms with E-state index in [0.717, 1.165) is 11.1 Å². The van der Waals surface area contributed by atoms with Crippen molar-refractivity contribution in [2.24, 2.45) is 0 Å². The van der Waals surface area contributed by atoms with Crippen LogP contribution in [-0.4, -0.2) is 14.6 Å². The molecule has 0 aliphatic rings. The SMILES string of the molecule is Cc1ccn2c(Cl)nnc(Cl)c12. The fourth-order valence-electron chi connectivity index (χ4n) is 1.13. The van der Waals surface area contributed by atoms with Crippen molar-refractivity contribution in [3.8, 4) is 0 Å². The highest BCUT2D eigenvalue weighted by Gasteiger charge is 2.07. The molecule has 0 atom stereocenters. The molecule has 12 heavy (non-hydrogen) atoms. The van der Waals surface area contributed by atoms with Crippen LogP contribution in [0.5, 0.6) is 0 Å². The van der Waals surface area contributed by atoms with Gasteiger partial charge >= 0.3 is 0 Å². The quantitative estimate of drug-likeness (QED) is 0.656. The van der Waals surface area contributed by atoms with Gasteiger partial charge in [0, 0.05) is 6.20 Å². The van der Waals surface area contributed by atoms with Gasteiger partial charge in [-0.15, -0.1) is 10.2 Å². The van der Waals surface area contributed by atoms with E-state index in [1.54, 1.807) is 4.40 Å². The third-order valence-electron chi connectivity index (χ3n) is 1.70. The monoisotopic (exact) mass is 201 g/mol. The van der Waals surface area contributed by atoms with Crippen LogP contribution in [0.1, 0.15) is 5.56 Å². The zero-order chi connectivity index (χ0) is 8.72. The van der Waals surface area contributed by atoms with Gasteiger partial charge in [0.1, 0.15) is 0 Å². The van der Waals surface area contributed by atoms with Crippen molar-refractivity contribution in [2.75, 3.05) is 0 Å². The third-order valence-corrected chi connectivity index (χ3v) is 2.21. The van der Waals surface area contributed by atoms with Gasteiger partial charge in [0.2, 0.25) is 5.28 Å². The first-order valence-electron chi connectivity index (χ1n) is 3.35. The molecule has 0 aromatic carbocycles. The van der Waals surface area contributed by atoms with E-state index < -0.39 is 0 Å². The van der Waals surface area contributed by atoms with E-state index in [-0.39, 0.29) is 0 Å². The van der Waals surface area contributed by atoms with Crippen LogP contribution in [0, 0.1) is 6.92 Å². The molecule has 0 unspecified atom stereocenters. The zero-order valence-corrected chi connectivity index (χ0v) is 7.76. The van der Waals surface area contributed by atoms with Gasteiger partial charge < -0.3 is 0 Å². The standard InChI is InChI=1S/C7H5Cl2N3/c1-4-2-3-12-5(4)6(8)10-11-7(12)9/h2-3H,1H3. The Bertz CT molecular complexity index is 435. The average Bonchev–Trinajstić information content (AvgIpc) is 2.42. The molecule has 2 aromatic rings. The number of hydrogen-bond donors (Lipinski definition) is 0. The molecule has 0 spiro atoms. The van der Waals surface area contributed by atoms with Crippen LogP contribution in [0.25, 0.3) is 5.52 Å². The molecule has 2 heterocycles. The highest BCUT2D eigenvalue weighted by molar-refractivity contribution is 6.33. The molecule has 2 rings (SSSR count). The van der Waals surface area contributed by atoms with E-state index in [4.69, 9.17) is 23.2 Å². The molecule has 5 heteroatoms. The molecule has 62 valence electrons. The molecule has 0 bridgehead atoms. The minimum absolute atomic E-state index is 0.322. The lowest BCUT2D eigenvalue weighted by atomic mass is 10.3. The van der Waals surface area contributed by atoms with Crippen molar-refractivity contribution in [3.05, 3.63) is 28.3 Å². The summed E-state index contributed by atoms with van der Waals surface area (Å²) < 4.78 is 1.70. The third kappa shape index (κ3) is 0.974.